The van der Waals surface area contributed by atoms with Crippen molar-refractivity contribution in [3.8, 4) is 0 Å². The Morgan fingerprint density at radius 3 is 2.72 bits per heavy atom. The van der Waals surface area contributed by atoms with Crippen molar-refractivity contribution in [1.29, 1.82) is 0 Å². The van der Waals surface area contributed by atoms with Crippen LogP contribution in [0.25, 0.3) is 22.7 Å². The van der Waals surface area contributed by atoms with Gasteiger partial charge in [0.2, 0.25) is 0 Å². The lowest BCUT2D eigenvalue weighted by Crippen LogP contribution is -2.35. The molecule has 3 aromatic rings. The fraction of sp³-hybridized carbons (Fsp3) is 0.318. The maximum atomic E-state index is 4.13. The van der Waals surface area contributed by atoms with E-state index in [1.54, 1.807) is 0 Å². The van der Waals surface area contributed by atoms with Crippen LogP contribution in [-0.2, 0) is 13.0 Å². The van der Waals surface area contributed by atoms with E-state index in [1.165, 1.54) is 38.9 Å². The van der Waals surface area contributed by atoms with Crippen LogP contribution >= 0.6 is 0 Å². The second-order valence-corrected chi connectivity index (χ2v) is 7.33. The molecule has 1 aliphatic rings. The molecule has 0 bridgehead atoms. The molecular formula is C22H25N3. The number of rotatable bonds is 2. The second kappa shape index (κ2) is 6.16. The molecule has 4 rings (SSSR count). The topological polar surface area (TPSA) is 21.1 Å². The molecule has 1 aliphatic heterocycles. The van der Waals surface area contributed by atoms with Crippen LogP contribution in [0.1, 0.15) is 36.2 Å². The number of aromatic nitrogens is 2. The van der Waals surface area contributed by atoms with Gasteiger partial charge in [0.1, 0.15) is 0 Å². The molecular weight excluding hydrogens is 306 g/mol. The van der Waals surface area contributed by atoms with Crippen LogP contribution < -0.4 is 0 Å². The van der Waals surface area contributed by atoms with Gasteiger partial charge in [0, 0.05) is 48.7 Å². The van der Waals surface area contributed by atoms with Crippen LogP contribution in [-0.4, -0.2) is 27.5 Å². The molecule has 3 heteroatoms. The number of likely N-dealkylation sites (N-methyl/N-ethyl adjacent to an activating group) is 1. The smallest absolute Gasteiger partial charge is 0.0529 e. The fourth-order valence-corrected chi connectivity index (χ4v) is 3.82. The Kier molecular flexibility index (Phi) is 3.97. The Hall–Kier alpha value is -2.39. The summed E-state index contributed by atoms with van der Waals surface area (Å²) in [6.07, 6.45) is 7.09. The molecule has 0 fully saturated rings. The minimum absolute atomic E-state index is 0.561. The molecule has 0 amide bonds. The standard InChI is InChI=1S/C22H25N3/c1-15-5-6-21-19(11-15)20-14-24(4)17(3)12-22(20)25(21)13-16(2)18-7-9-23-10-8-18/h5-11,13,17H,12,14H2,1-4H3/b16-13-/t17-/m0/s1. The van der Waals surface area contributed by atoms with Crippen molar-refractivity contribution in [2.75, 3.05) is 7.05 Å². The largest absolute Gasteiger partial charge is 0.320 e. The summed E-state index contributed by atoms with van der Waals surface area (Å²) in [6.45, 7) is 7.69. The monoisotopic (exact) mass is 331 g/mol. The molecule has 1 atom stereocenters. The Morgan fingerprint density at radius 2 is 1.96 bits per heavy atom. The third-order valence-corrected chi connectivity index (χ3v) is 5.48. The summed E-state index contributed by atoms with van der Waals surface area (Å²) in [5, 5.41) is 1.40. The van der Waals surface area contributed by atoms with Gasteiger partial charge in [-0.2, -0.15) is 0 Å². The number of nitrogens with zero attached hydrogens (tertiary/aromatic N) is 3. The van der Waals surface area contributed by atoms with Gasteiger partial charge in [0.05, 0.1) is 5.52 Å². The molecule has 128 valence electrons. The van der Waals surface area contributed by atoms with Crippen LogP contribution in [0.15, 0.2) is 42.7 Å². The molecule has 0 saturated carbocycles. The van der Waals surface area contributed by atoms with Crippen LogP contribution in [0.3, 0.4) is 0 Å². The zero-order chi connectivity index (χ0) is 17.6. The van der Waals surface area contributed by atoms with E-state index in [0.29, 0.717) is 6.04 Å². The highest BCUT2D eigenvalue weighted by Crippen LogP contribution is 2.34. The average molecular weight is 331 g/mol. The molecule has 0 radical (unpaired) electrons. The summed E-state index contributed by atoms with van der Waals surface area (Å²) in [4.78, 5) is 6.59. The highest BCUT2D eigenvalue weighted by Gasteiger charge is 2.26. The number of allylic oxidation sites excluding steroid dienone is 1. The summed E-state index contributed by atoms with van der Waals surface area (Å²) in [5.74, 6) is 0. The van der Waals surface area contributed by atoms with E-state index in [2.05, 4.69) is 78.8 Å². The maximum Gasteiger partial charge on any atom is 0.0529 e. The van der Waals surface area contributed by atoms with Crippen molar-refractivity contribution in [3.63, 3.8) is 0 Å². The number of hydrogen-bond acceptors (Lipinski definition) is 2. The number of aryl methyl sites for hydroxylation is 1. The van der Waals surface area contributed by atoms with E-state index < -0.39 is 0 Å². The van der Waals surface area contributed by atoms with Crippen molar-refractivity contribution in [2.24, 2.45) is 0 Å². The van der Waals surface area contributed by atoms with Crippen LogP contribution in [0.5, 0.6) is 0 Å². The fourth-order valence-electron chi connectivity index (χ4n) is 3.82. The lowest BCUT2D eigenvalue weighted by molar-refractivity contribution is 0.230. The van der Waals surface area contributed by atoms with Gasteiger partial charge in [-0.3, -0.25) is 9.88 Å². The number of benzene rings is 1. The Morgan fingerprint density at radius 1 is 1.20 bits per heavy atom. The quantitative estimate of drug-likeness (QED) is 0.676. The lowest BCUT2D eigenvalue weighted by Gasteiger charge is -2.30. The van der Waals surface area contributed by atoms with E-state index in [1.807, 2.05) is 12.4 Å². The first-order valence-electron chi connectivity index (χ1n) is 8.96. The van der Waals surface area contributed by atoms with E-state index in [4.69, 9.17) is 0 Å². The van der Waals surface area contributed by atoms with Crippen molar-refractivity contribution >= 4 is 22.7 Å². The summed E-state index contributed by atoms with van der Waals surface area (Å²) in [7, 11) is 2.23. The second-order valence-electron chi connectivity index (χ2n) is 7.33. The zero-order valence-electron chi connectivity index (χ0n) is 15.5. The summed E-state index contributed by atoms with van der Waals surface area (Å²) >= 11 is 0. The van der Waals surface area contributed by atoms with Gasteiger partial charge in [-0.15, -0.1) is 0 Å². The van der Waals surface area contributed by atoms with E-state index in [-0.39, 0.29) is 0 Å². The summed E-state index contributed by atoms with van der Waals surface area (Å²) in [6, 6.07) is 11.5. The average Bonchev–Trinajstić information content (AvgIpc) is 2.89. The first-order chi connectivity index (χ1) is 12.0. The minimum Gasteiger partial charge on any atom is -0.320 e. The molecule has 0 aliphatic carbocycles. The van der Waals surface area contributed by atoms with Crippen LogP contribution in [0, 0.1) is 6.92 Å². The van der Waals surface area contributed by atoms with Crippen molar-refractivity contribution in [1.82, 2.24) is 14.5 Å². The van der Waals surface area contributed by atoms with Gasteiger partial charge in [-0.1, -0.05) is 11.6 Å². The first-order valence-corrected chi connectivity index (χ1v) is 8.96. The predicted octanol–water partition coefficient (Wildman–Crippen LogP) is 4.74. The molecule has 3 nitrogen and oxygen atoms in total. The first kappa shape index (κ1) is 16.1. The van der Waals surface area contributed by atoms with E-state index in [0.717, 1.165) is 13.0 Å². The third kappa shape index (κ3) is 2.79. The normalized spacial score (nSPS) is 18.6. The maximum absolute atomic E-state index is 4.13. The number of hydrogen-bond donors (Lipinski definition) is 0. The number of pyridine rings is 1. The minimum atomic E-state index is 0.561. The molecule has 25 heavy (non-hydrogen) atoms. The Labute approximate surface area is 149 Å². The Balaban J connectivity index is 1.93. The van der Waals surface area contributed by atoms with Crippen molar-refractivity contribution < 1.29 is 0 Å². The van der Waals surface area contributed by atoms with E-state index >= 15 is 0 Å². The van der Waals surface area contributed by atoms with E-state index in [9.17, 15) is 0 Å². The molecule has 0 spiro atoms. The molecule has 2 aromatic heterocycles. The zero-order valence-corrected chi connectivity index (χ0v) is 15.5. The van der Waals surface area contributed by atoms with Crippen molar-refractivity contribution in [3.05, 3.63) is 65.1 Å². The van der Waals surface area contributed by atoms with Gasteiger partial charge < -0.3 is 4.57 Å². The SMILES string of the molecule is C/C(=C/n1c2c(c3cc(C)ccc31)CN(C)[C@@H](C)C2)c1ccncc1. The van der Waals surface area contributed by atoms with Crippen LogP contribution in [0.4, 0.5) is 0 Å². The van der Waals surface area contributed by atoms with Crippen LogP contribution in [0.2, 0.25) is 0 Å². The summed E-state index contributed by atoms with van der Waals surface area (Å²) < 4.78 is 2.42. The van der Waals surface area contributed by atoms with Gasteiger partial charge >= 0.3 is 0 Å². The summed E-state index contributed by atoms with van der Waals surface area (Å²) in [5.41, 5.74) is 8.06. The third-order valence-electron chi connectivity index (χ3n) is 5.48. The molecule has 1 aromatic carbocycles. The van der Waals surface area contributed by atoms with Gasteiger partial charge in [0.25, 0.3) is 0 Å². The Bertz CT molecular complexity index is 950. The molecule has 0 N–H and O–H groups in total. The predicted molar refractivity (Wildman–Crippen MR) is 105 cm³/mol. The molecule has 0 unspecified atom stereocenters. The van der Waals surface area contributed by atoms with Gasteiger partial charge in [0.15, 0.2) is 0 Å². The molecule has 3 heterocycles. The highest BCUT2D eigenvalue weighted by molar-refractivity contribution is 5.90. The van der Waals surface area contributed by atoms with Crippen molar-refractivity contribution in [2.45, 2.75) is 39.8 Å². The van der Waals surface area contributed by atoms with Gasteiger partial charge in [-0.25, -0.2) is 0 Å². The molecule has 0 saturated heterocycles. The number of fused-ring (bicyclic) bond motifs is 3. The van der Waals surface area contributed by atoms with Gasteiger partial charge in [-0.05, 0) is 68.8 Å². The highest BCUT2D eigenvalue weighted by atomic mass is 15.1. The lowest BCUT2D eigenvalue weighted by atomic mass is 9.99.